The third-order valence-corrected chi connectivity index (χ3v) is 3.03. The Morgan fingerprint density at radius 2 is 2.41 bits per heavy atom. The van der Waals surface area contributed by atoms with Gasteiger partial charge in [0, 0.05) is 37.4 Å². The van der Waals surface area contributed by atoms with Crippen molar-refractivity contribution in [2.75, 3.05) is 24.6 Å². The van der Waals surface area contributed by atoms with Crippen molar-refractivity contribution in [1.29, 1.82) is 0 Å². The summed E-state index contributed by atoms with van der Waals surface area (Å²) in [6.07, 6.45) is 0.850. The minimum absolute atomic E-state index is 0.0363. The van der Waals surface area contributed by atoms with Gasteiger partial charge in [-0.2, -0.15) is 0 Å². The Balaban J connectivity index is 2.31. The smallest absolute Gasteiger partial charge is 0.311 e. The molecule has 2 heterocycles. The summed E-state index contributed by atoms with van der Waals surface area (Å²) in [5.74, 6) is 0.614. The molecule has 0 saturated carbocycles. The molecule has 1 fully saturated rings. The molecule has 1 aliphatic heterocycles. The molecule has 1 aromatic rings. The van der Waals surface area contributed by atoms with Gasteiger partial charge in [-0.1, -0.05) is 0 Å². The number of hydrogen-bond acceptors (Lipinski definition) is 5. The van der Waals surface area contributed by atoms with E-state index in [2.05, 4.69) is 4.98 Å². The molecular weight excluding hydrogens is 222 g/mol. The van der Waals surface area contributed by atoms with E-state index in [1.165, 1.54) is 6.07 Å². The molecule has 92 valence electrons. The van der Waals surface area contributed by atoms with Crippen LogP contribution in [0.2, 0.25) is 0 Å². The number of anilines is 1. The molecule has 6 nitrogen and oxygen atoms in total. The Bertz CT molecular complexity index is 436. The van der Waals surface area contributed by atoms with Crippen LogP contribution in [0.5, 0.6) is 0 Å². The van der Waals surface area contributed by atoms with E-state index < -0.39 is 4.92 Å². The van der Waals surface area contributed by atoms with Crippen LogP contribution < -0.4 is 4.90 Å². The van der Waals surface area contributed by atoms with E-state index in [9.17, 15) is 10.1 Å². The molecule has 0 aliphatic carbocycles. The third kappa shape index (κ3) is 2.36. The van der Waals surface area contributed by atoms with Crippen LogP contribution in [-0.4, -0.2) is 34.7 Å². The van der Waals surface area contributed by atoms with E-state index in [1.807, 2.05) is 11.8 Å². The maximum absolute atomic E-state index is 10.9. The molecule has 1 unspecified atom stereocenters. The Morgan fingerprint density at radius 1 is 1.65 bits per heavy atom. The summed E-state index contributed by atoms with van der Waals surface area (Å²) in [5.41, 5.74) is 0.798. The number of aliphatic hydroxyl groups is 1. The average Bonchev–Trinajstić information content (AvgIpc) is 2.76. The molecule has 1 aromatic heterocycles. The van der Waals surface area contributed by atoms with Gasteiger partial charge >= 0.3 is 5.69 Å². The highest BCUT2D eigenvalue weighted by Gasteiger charge is 2.28. The quantitative estimate of drug-likeness (QED) is 0.629. The van der Waals surface area contributed by atoms with Crippen LogP contribution in [0.15, 0.2) is 12.1 Å². The van der Waals surface area contributed by atoms with Gasteiger partial charge in [0.15, 0.2) is 0 Å². The lowest BCUT2D eigenvalue weighted by atomic mass is 10.1. The van der Waals surface area contributed by atoms with Crippen LogP contribution in [-0.2, 0) is 0 Å². The first kappa shape index (κ1) is 11.8. The van der Waals surface area contributed by atoms with Crippen LogP contribution in [0, 0.1) is 23.0 Å². The zero-order chi connectivity index (χ0) is 12.4. The zero-order valence-electron chi connectivity index (χ0n) is 9.67. The molecule has 6 heteroatoms. The highest BCUT2D eigenvalue weighted by molar-refractivity contribution is 5.58. The molecule has 2 rings (SSSR count). The summed E-state index contributed by atoms with van der Waals surface area (Å²) in [4.78, 5) is 16.7. The van der Waals surface area contributed by atoms with Crippen LogP contribution in [0.25, 0.3) is 0 Å². The number of aromatic nitrogens is 1. The molecule has 0 radical (unpaired) electrons. The maximum Gasteiger partial charge on any atom is 0.311 e. The van der Waals surface area contributed by atoms with Gasteiger partial charge in [-0.3, -0.25) is 10.1 Å². The van der Waals surface area contributed by atoms with Gasteiger partial charge < -0.3 is 10.0 Å². The Kier molecular flexibility index (Phi) is 3.23. The molecule has 0 bridgehead atoms. The molecular formula is C11H15N3O3. The first-order chi connectivity index (χ1) is 8.11. The lowest BCUT2D eigenvalue weighted by molar-refractivity contribution is -0.384. The summed E-state index contributed by atoms with van der Waals surface area (Å²) in [6, 6.07) is 3.13. The fourth-order valence-electron chi connectivity index (χ4n) is 2.08. The van der Waals surface area contributed by atoms with Crippen molar-refractivity contribution in [2.24, 2.45) is 5.92 Å². The van der Waals surface area contributed by atoms with E-state index in [0.717, 1.165) is 12.1 Å². The first-order valence-electron chi connectivity index (χ1n) is 5.59. The minimum Gasteiger partial charge on any atom is -0.396 e. The van der Waals surface area contributed by atoms with Crippen molar-refractivity contribution in [3.63, 3.8) is 0 Å². The van der Waals surface area contributed by atoms with E-state index >= 15 is 0 Å². The number of nitrogens with zero attached hydrogens (tertiary/aromatic N) is 3. The fraction of sp³-hybridized carbons (Fsp3) is 0.545. The first-order valence-corrected chi connectivity index (χ1v) is 5.59. The van der Waals surface area contributed by atoms with Gasteiger partial charge in [-0.15, -0.1) is 0 Å². The molecule has 17 heavy (non-hydrogen) atoms. The van der Waals surface area contributed by atoms with Crippen LogP contribution in [0.3, 0.4) is 0 Å². The van der Waals surface area contributed by atoms with Crippen molar-refractivity contribution in [3.8, 4) is 0 Å². The second-order valence-electron chi connectivity index (χ2n) is 4.34. The molecule has 1 atom stereocenters. The van der Waals surface area contributed by atoms with Crippen molar-refractivity contribution in [1.82, 2.24) is 4.98 Å². The summed E-state index contributed by atoms with van der Waals surface area (Å²) >= 11 is 0. The average molecular weight is 237 g/mol. The lowest BCUT2D eigenvalue weighted by Crippen LogP contribution is -2.23. The Labute approximate surface area is 99.0 Å². The Morgan fingerprint density at radius 3 is 3.00 bits per heavy atom. The monoisotopic (exact) mass is 237 g/mol. The van der Waals surface area contributed by atoms with E-state index in [0.29, 0.717) is 18.9 Å². The molecule has 1 N–H and O–H groups in total. The van der Waals surface area contributed by atoms with Gasteiger partial charge in [-0.05, 0) is 19.4 Å². The number of nitro groups is 1. The second kappa shape index (κ2) is 4.67. The third-order valence-electron chi connectivity index (χ3n) is 3.03. The normalized spacial score (nSPS) is 19.6. The number of hydrogen-bond donors (Lipinski definition) is 1. The Hall–Kier alpha value is -1.69. The maximum atomic E-state index is 10.9. The topological polar surface area (TPSA) is 79.5 Å². The van der Waals surface area contributed by atoms with Crippen LogP contribution in [0.1, 0.15) is 12.1 Å². The molecule has 1 saturated heterocycles. The number of pyridine rings is 1. The van der Waals surface area contributed by atoms with E-state index in [1.54, 1.807) is 6.07 Å². The highest BCUT2D eigenvalue weighted by Crippen LogP contribution is 2.30. The summed E-state index contributed by atoms with van der Waals surface area (Å²) in [6.45, 7) is 3.28. The number of aryl methyl sites for hydroxylation is 1. The van der Waals surface area contributed by atoms with Crippen molar-refractivity contribution >= 4 is 11.5 Å². The lowest BCUT2D eigenvalue weighted by Gasteiger charge is -2.17. The van der Waals surface area contributed by atoms with Gasteiger partial charge in [0.05, 0.1) is 4.92 Å². The van der Waals surface area contributed by atoms with Crippen molar-refractivity contribution < 1.29 is 10.0 Å². The molecule has 1 aliphatic rings. The zero-order valence-corrected chi connectivity index (χ0v) is 9.67. The van der Waals surface area contributed by atoms with Crippen molar-refractivity contribution in [3.05, 3.63) is 27.9 Å². The van der Waals surface area contributed by atoms with E-state index in [-0.39, 0.29) is 18.2 Å². The van der Waals surface area contributed by atoms with E-state index in [4.69, 9.17) is 5.11 Å². The number of aliphatic hydroxyl groups excluding tert-OH is 1. The summed E-state index contributed by atoms with van der Waals surface area (Å²) in [5, 5.41) is 20.0. The van der Waals surface area contributed by atoms with Crippen LogP contribution >= 0.6 is 0 Å². The second-order valence-corrected chi connectivity index (χ2v) is 4.34. The molecule has 0 amide bonds. The predicted octanol–water partition coefficient (Wildman–Crippen LogP) is 1.12. The predicted molar refractivity (Wildman–Crippen MR) is 63.0 cm³/mol. The molecule has 0 aromatic carbocycles. The minimum atomic E-state index is -0.409. The van der Waals surface area contributed by atoms with Gasteiger partial charge in [0.1, 0.15) is 0 Å². The van der Waals surface area contributed by atoms with Gasteiger partial charge in [0.2, 0.25) is 5.82 Å². The van der Waals surface area contributed by atoms with Gasteiger partial charge in [-0.25, -0.2) is 4.98 Å². The van der Waals surface area contributed by atoms with Crippen molar-refractivity contribution in [2.45, 2.75) is 13.3 Å². The summed E-state index contributed by atoms with van der Waals surface area (Å²) < 4.78 is 0. The summed E-state index contributed by atoms with van der Waals surface area (Å²) in [7, 11) is 0. The molecule has 0 spiro atoms. The van der Waals surface area contributed by atoms with Gasteiger partial charge in [0.25, 0.3) is 0 Å². The SMILES string of the molecule is Cc1ccc([N+](=O)[O-])c(N2CCC(CO)C2)n1. The van der Waals surface area contributed by atoms with Crippen LogP contribution in [0.4, 0.5) is 11.5 Å². The highest BCUT2D eigenvalue weighted by atomic mass is 16.6. The fourth-order valence-corrected chi connectivity index (χ4v) is 2.08. The standard InChI is InChI=1S/C11H15N3O3/c1-8-2-3-10(14(16)17)11(12-8)13-5-4-9(6-13)7-15/h2-3,9,15H,4-7H2,1H3. The largest absolute Gasteiger partial charge is 0.396 e. The number of rotatable bonds is 3.